The van der Waals surface area contributed by atoms with Crippen LogP contribution in [0.4, 0.5) is 13.2 Å². The summed E-state index contributed by atoms with van der Waals surface area (Å²) in [6.07, 6.45) is -2.59. The fourth-order valence-corrected chi connectivity index (χ4v) is 0.343. The van der Waals surface area contributed by atoms with E-state index in [-0.39, 0.29) is 4.96 Å². The van der Waals surface area contributed by atoms with Crippen LogP contribution in [0, 0.1) is 0 Å². The van der Waals surface area contributed by atoms with Gasteiger partial charge in [0.05, 0.1) is 12.4 Å². The molecule has 1 rings (SSSR count). The zero-order valence-electron chi connectivity index (χ0n) is 4.54. The van der Waals surface area contributed by atoms with Gasteiger partial charge < -0.3 is 0 Å². The molecule has 4 nitrogen and oxygen atoms in total. The molecule has 56 valence electrons. The average Bonchev–Trinajstić information content (AvgIpc) is 2.12. The van der Waals surface area contributed by atoms with Gasteiger partial charge in [0.15, 0.2) is 0 Å². The van der Waals surface area contributed by atoms with Crippen molar-refractivity contribution in [3.63, 3.8) is 0 Å². The summed E-state index contributed by atoms with van der Waals surface area (Å²) >= 11 is 0. The first-order chi connectivity index (χ1) is 4.58. The molecule has 0 fully saturated rings. The zero-order valence-corrected chi connectivity index (χ0v) is 4.54. The topological polar surface area (TPSA) is 39.9 Å². The van der Waals surface area contributed by atoms with Crippen molar-refractivity contribution < 1.29 is 18.0 Å². The summed E-state index contributed by atoms with van der Waals surface area (Å²) in [6.45, 7) is 0. The lowest BCUT2D eigenvalue weighted by Crippen LogP contribution is -2.28. The van der Waals surface area contributed by atoms with Crippen LogP contribution in [0.5, 0.6) is 0 Å². The Morgan fingerprint density at radius 1 is 1.20 bits per heavy atom. The quantitative estimate of drug-likeness (QED) is 0.579. The van der Waals surface area contributed by atoms with Crippen molar-refractivity contribution in [3.8, 4) is 0 Å². The smallest absolute Gasteiger partial charge is 0.277 e. The Labute approximate surface area is 53.2 Å². The molecule has 1 aromatic heterocycles. The molecule has 0 aliphatic carbocycles. The molecule has 0 radical (unpaired) electrons. The van der Waals surface area contributed by atoms with Crippen molar-refractivity contribution in [2.24, 2.45) is 0 Å². The van der Waals surface area contributed by atoms with Crippen molar-refractivity contribution in [1.82, 2.24) is 15.2 Å². The van der Waals surface area contributed by atoms with Crippen LogP contribution >= 0.6 is 0 Å². The number of hydrogen-bond donors (Lipinski definition) is 0. The van der Waals surface area contributed by atoms with Crippen LogP contribution in [-0.2, 0) is 0 Å². The van der Waals surface area contributed by atoms with Crippen LogP contribution in [0.15, 0.2) is 12.4 Å². The van der Waals surface area contributed by atoms with Crippen molar-refractivity contribution in [2.45, 2.75) is 6.36 Å². The lowest BCUT2D eigenvalue weighted by Gasteiger charge is -2.03. The van der Waals surface area contributed by atoms with E-state index in [9.17, 15) is 13.2 Å². The van der Waals surface area contributed by atoms with E-state index in [0.717, 1.165) is 12.4 Å². The number of halogens is 3. The third kappa shape index (κ3) is 1.92. The van der Waals surface area contributed by atoms with Crippen molar-refractivity contribution in [1.29, 1.82) is 0 Å². The lowest BCUT2D eigenvalue weighted by atomic mass is 11.0. The second kappa shape index (κ2) is 2.16. The standard InChI is InChI=1S/C3H2F3N3O/c4-3(5,6)10-9-7-1-2-8-9/h1-2H. The van der Waals surface area contributed by atoms with E-state index in [1.54, 1.807) is 0 Å². The Bertz CT molecular complexity index is 193. The third-order valence-electron chi connectivity index (χ3n) is 0.583. The minimum Gasteiger partial charge on any atom is -0.277 e. The molecule has 0 N–H and O–H groups in total. The molecule has 1 aromatic rings. The molecule has 0 saturated heterocycles. The predicted octanol–water partition coefficient (Wildman–Crippen LogP) is 0.226. The molecule has 7 heteroatoms. The zero-order chi connectivity index (χ0) is 7.61. The number of rotatable bonds is 1. The highest BCUT2D eigenvalue weighted by atomic mass is 19.4. The summed E-state index contributed by atoms with van der Waals surface area (Å²) in [7, 11) is 0. The number of hydrogen-bond acceptors (Lipinski definition) is 3. The van der Waals surface area contributed by atoms with Gasteiger partial charge in [0.25, 0.3) is 0 Å². The van der Waals surface area contributed by atoms with Crippen LogP contribution in [0.3, 0.4) is 0 Å². The fourth-order valence-electron chi connectivity index (χ4n) is 0.343. The van der Waals surface area contributed by atoms with Crippen LogP contribution in [0.1, 0.15) is 0 Å². The van der Waals surface area contributed by atoms with E-state index < -0.39 is 6.36 Å². The Balaban J connectivity index is 2.57. The molecular formula is C3H2F3N3O. The highest BCUT2D eigenvalue weighted by Gasteiger charge is 2.32. The largest absolute Gasteiger partial charge is 0.594 e. The molecule has 1 heterocycles. The Hall–Kier alpha value is -1.27. The van der Waals surface area contributed by atoms with Gasteiger partial charge in [-0.25, -0.2) is 0 Å². The van der Waals surface area contributed by atoms with E-state index in [2.05, 4.69) is 15.0 Å². The Kier molecular flexibility index (Phi) is 1.48. The first-order valence-corrected chi connectivity index (χ1v) is 2.20. The maximum Gasteiger partial charge on any atom is 0.594 e. The molecule has 0 bridgehead atoms. The maximum absolute atomic E-state index is 11.3. The van der Waals surface area contributed by atoms with E-state index in [0.29, 0.717) is 0 Å². The molecule has 0 saturated carbocycles. The number of aromatic nitrogens is 3. The Morgan fingerprint density at radius 2 is 1.70 bits per heavy atom. The number of alkyl halides is 3. The van der Waals surface area contributed by atoms with Crippen molar-refractivity contribution in [2.75, 3.05) is 0 Å². The minimum atomic E-state index is -4.74. The van der Waals surface area contributed by atoms with Crippen LogP contribution in [-0.4, -0.2) is 21.5 Å². The SMILES string of the molecule is FC(F)(F)On1nccn1. The lowest BCUT2D eigenvalue weighted by molar-refractivity contribution is -0.333. The van der Waals surface area contributed by atoms with Gasteiger partial charge in [0, 0.05) is 4.96 Å². The maximum atomic E-state index is 11.3. The molecule has 0 atom stereocenters. The summed E-state index contributed by atoms with van der Waals surface area (Å²) in [6, 6.07) is 0. The molecule has 0 amide bonds. The van der Waals surface area contributed by atoms with E-state index in [4.69, 9.17) is 0 Å². The summed E-state index contributed by atoms with van der Waals surface area (Å²) < 4.78 is 33.9. The van der Waals surface area contributed by atoms with Crippen LogP contribution in [0.25, 0.3) is 0 Å². The highest BCUT2D eigenvalue weighted by molar-refractivity contribution is 4.57. The molecular weight excluding hydrogens is 151 g/mol. The summed E-state index contributed by atoms with van der Waals surface area (Å²) in [5.41, 5.74) is 0. The van der Waals surface area contributed by atoms with Gasteiger partial charge in [-0.3, -0.25) is 4.84 Å². The van der Waals surface area contributed by atoms with Gasteiger partial charge in [-0.05, 0) is 0 Å². The Morgan fingerprint density at radius 3 is 2.10 bits per heavy atom. The molecule has 0 unspecified atom stereocenters. The normalized spacial score (nSPS) is 11.5. The van der Waals surface area contributed by atoms with E-state index in [1.807, 2.05) is 0 Å². The summed E-state index contributed by atoms with van der Waals surface area (Å²) in [5.74, 6) is 0. The predicted molar refractivity (Wildman–Crippen MR) is 22.7 cm³/mol. The second-order valence-electron chi connectivity index (χ2n) is 1.32. The van der Waals surface area contributed by atoms with E-state index >= 15 is 0 Å². The van der Waals surface area contributed by atoms with E-state index in [1.165, 1.54) is 0 Å². The fraction of sp³-hybridized carbons (Fsp3) is 0.333. The van der Waals surface area contributed by atoms with Crippen LogP contribution in [0.2, 0.25) is 0 Å². The van der Waals surface area contributed by atoms with Gasteiger partial charge in [-0.15, -0.1) is 23.4 Å². The average molecular weight is 153 g/mol. The van der Waals surface area contributed by atoms with Crippen molar-refractivity contribution in [3.05, 3.63) is 12.4 Å². The summed E-state index contributed by atoms with van der Waals surface area (Å²) in [5, 5.41) is 6.13. The van der Waals surface area contributed by atoms with Gasteiger partial charge in [-0.2, -0.15) is 0 Å². The van der Waals surface area contributed by atoms with Gasteiger partial charge >= 0.3 is 6.36 Å². The number of nitrogens with zero attached hydrogens (tertiary/aromatic N) is 3. The first-order valence-electron chi connectivity index (χ1n) is 2.20. The molecule has 0 aromatic carbocycles. The van der Waals surface area contributed by atoms with Crippen molar-refractivity contribution >= 4 is 0 Å². The molecule has 0 aliphatic heterocycles. The first kappa shape index (κ1) is 6.84. The van der Waals surface area contributed by atoms with Gasteiger partial charge in [-0.1, -0.05) is 0 Å². The second-order valence-corrected chi connectivity index (χ2v) is 1.32. The summed E-state index contributed by atoms with van der Waals surface area (Å²) in [4.78, 5) is 3.32. The minimum absolute atomic E-state index is 0.0833. The molecule has 0 spiro atoms. The molecule has 10 heavy (non-hydrogen) atoms. The van der Waals surface area contributed by atoms with Gasteiger partial charge in [0.2, 0.25) is 0 Å². The third-order valence-corrected chi connectivity index (χ3v) is 0.583. The highest BCUT2D eigenvalue weighted by Crippen LogP contribution is 2.10. The van der Waals surface area contributed by atoms with Crippen LogP contribution < -0.4 is 4.84 Å². The monoisotopic (exact) mass is 153 g/mol. The van der Waals surface area contributed by atoms with Gasteiger partial charge in [0.1, 0.15) is 0 Å². The molecule has 0 aliphatic rings.